The fraction of sp³-hybridized carbons (Fsp3) is 0. The Morgan fingerprint density at radius 3 is 2.44 bits per heavy atom. The van der Waals surface area contributed by atoms with Crippen LogP contribution in [0.4, 0.5) is 5.69 Å². The molecule has 80 valence electrons. The lowest BCUT2D eigenvalue weighted by atomic mass is 10.2. The van der Waals surface area contributed by atoms with Crippen molar-refractivity contribution in [1.29, 1.82) is 0 Å². The highest BCUT2D eigenvalue weighted by Crippen LogP contribution is 2.22. The van der Waals surface area contributed by atoms with E-state index in [-0.39, 0.29) is 5.75 Å². The van der Waals surface area contributed by atoms with Crippen LogP contribution in [0.15, 0.2) is 58.4 Å². The number of nitrogens with zero attached hydrogens (tertiary/aromatic N) is 1. The summed E-state index contributed by atoms with van der Waals surface area (Å²) in [4.78, 5) is 5.09. The van der Waals surface area contributed by atoms with E-state index in [4.69, 9.17) is 0 Å². The average molecular weight is 229 g/mol. The molecule has 0 aromatic heterocycles. The maximum absolute atomic E-state index is 9.55. The fourth-order valence-electron chi connectivity index (χ4n) is 1.31. The van der Waals surface area contributed by atoms with Crippen molar-refractivity contribution in [2.24, 2.45) is 4.99 Å². The summed E-state index contributed by atoms with van der Waals surface area (Å²) in [5.74, 6) is 0.225. The molecule has 0 aliphatic carbocycles. The molecule has 16 heavy (non-hydrogen) atoms. The monoisotopic (exact) mass is 229 g/mol. The predicted octanol–water partition coefficient (Wildman–Crippen LogP) is 3.43. The van der Waals surface area contributed by atoms with Gasteiger partial charge in [0, 0.05) is 16.7 Å². The first-order chi connectivity index (χ1) is 7.77. The third-order valence-electron chi connectivity index (χ3n) is 2.16. The first-order valence-corrected chi connectivity index (χ1v) is 5.32. The van der Waals surface area contributed by atoms with E-state index in [0.29, 0.717) is 5.56 Å². The van der Waals surface area contributed by atoms with Crippen LogP contribution in [0.5, 0.6) is 5.75 Å². The first-order valence-electron chi connectivity index (χ1n) is 4.87. The van der Waals surface area contributed by atoms with E-state index >= 15 is 0 Å². The van der Waals surface area contributed by atoms with Gasteiger partial charge in [-0.1, -0.05) is 24.3 Å². The predicted molar refractivity (Wildman–Crippen MR) is 69.1 cm³/mol. The maximum Gasteiger partial charge on any atom is 0.124 e. The lowest BCUT2D eigenvalue weighted by Gasteiger charge is -1.99. The Morgan fingerprint density at radius 2 is 1.69 bits per heavy atom. The van der Waals surface area contributed by atoms with Gasteiger partial charge in [-0.25, -0.2) is 0 Å². The highest BCUT2D eigenvalue weighted by molar-refractivity contribution is 7.80. The van der Waals surface area contributed by atoms with Gasteiger partial charge in [0.1, 0.15) is 5.75 Å². The Balaban J connectivity index is 2.29. The minimum Gasteiger partial charge on any atom is -0.507 e. The Bertz CT molecular complexity index is 475. The lowest BCUT2D eigenvalue weighted by molar-refractivity contribution is 0.474. The second-order valence-electron chi connectivity index (χ2n) is 3.31. The molecule has 0 unspecified atom stereocenters. The van der Waals surface area contributed by atoms with Crippen LogP contribution in [0, 0.1) is 0 Å². The summed E-state index contributed by atoms with van der Waals surface area (Å²) in [7, 11) is 0. The van der Waals surface area contributed by atoms with Crippen LogP contribution in [0.25, 0.3) is 0 Å². The summed E-state index contributed by atoms with van der Waals surface area (Å²) in [5, 5.41) is 9.55. The number of benzene rings is 2. The van der Waals surface area contributed by atoms with Crippen LogP contribution in [-0.2, 0) is 0 Å². The topological polar surface area (TPSA) is 32.6 Å². The van der Waals surface area contributed by atoms with Gasteiger partial charge in [-0.15, -0.1) is 12.6 Å². The minimum atomic E-state index is 0.225. The van der Waals surface area contributed by atoms with E-state index in [1.807, 2.05) is 30.3 Å². The van der Waals surface area contributed by atoms with Crippen molar-refractivity contribution in [1.82, 2.24) is 0 Å². The lowest BCUT2D eigenvalue weighted by Crippen LogP contribution is -1.81. The number of rotatable bonds is 2. The molecule has 0 aliphatic rings. The molecular formula is C13H11NOS. The number of aromatic hydroxyl groups is 1. The van der Waals surface area contributed by atoms with Gasteiger partial charge in [-0.2, -0.15) is 0 Å². The SMILES string of the molecule is Oc1ccccc1C=Nc1ccccc1S. The molecule has 0 amide bonds. The normalized spacial score (nSPS) is 10.8. The van der Waals surface area contributed by atoms with Crippen molar-refractivity contribution in [2.45, 2.75) is 4.90 Å². The van der Waals surface area contributed by atoms with Crippen LogP contribution in [0.3, 0.4) is 0 Å². The third-order valence-corrected chi connectivity index (χ3v) is 2.54. The van der Waals surface area contributed by atoms with Crippen LogP contribution in [0.1, 0.15) is 5.56 Å². The van der Waals surface area contributed by atoms with Gasteiger partial charge in [0.05, 0.1) is 5.69 Å². The van der Waals surface area contributed by atoms with E-state index in [9.17, 15) is 5.11 Å². The van der Waals surface area contributed by atoms with Crippen molar-refractivity contribution < 1.29 is 5.11 Å². The quantitative estimate of drug-likeness (QED) is 0.600. The van der Waals surface area contributed by atoms with Gasteiger partial charge in [0.2, 0.25) is 0 Å². The Kier molecular flexibility index (Phi) is 3.27. The molecule has 0 radical (unpaired) electrons. The Labute approximate surface area is 99.7 Å². The van der Waals surface area contributed by atoms with Gasteiger partial charge in [-0.3, -0.25) is 4.99 Å². The molecule has 0 fully saturated rings. The molecule has 2 nitrogen and oxygen atoms in total. The van der Waals surface area contributed by atoms with Crippen molar-refractivity contribution in [2.75, 3.05) is 0 Å². The molecule has 0 saturated heterocycles. The highest BCUT2D eigenvalue weighted by Gasteiger charge is 1.96. The summed E-state index contributed by atoms with van der Waals surface area (Å²) >= 11 is 4.29. The molecule has 3 heteroatoms. The number of para-hydroxylation sites is 2. The summed E-state index contributed by atoms with van der Waals surface area (Å²) in [6.45, 7) is 0. The zero-order chi connectivity index (χ0) is 11.4. The maximum atomic E-state index is 9.55. The Hall–Kier alpha value is -1.74. The van der Waals surface area contributed by atoms with Gasteiger partial charge in [0.25, 0.3) is 0 Å². The van der Waals surface area contributed by atoms with Crippen molar-refractivity contribution in [3.63, 3.8) is 0 Å². The van der Waals surface area contributed by atoms with Gasteiger partial charge >= 0.3 is 0 Å². The standard InChI is InChI=1S/C13H11NOS/c15-12-7-3-1-5-10(12)9-14-11-6-2-4-8-13(11)16/h1-9,15-16H. The number of phenolic OH excluding ortho intramolecular Hbond substituents is 1. The Morgan fingerprint density at radius 1 is 1.00 bits per heavy atom. The number of hydrogen-bond acceptors (Lipinski definition) is 3. The molecule has 0 saturated carbocycles. The van der Waals surface area contributed by atoms with Crippen LogP contribution >= 0.6 is 12.6 Å². The second-order valence-corrected chi connectivity index (χ2v) is 3.79. The molecular weight excluding hydrogens is 218 g/mol. The van der Waals surface area contributed by atoms with Gasteiger partial charge in [-0.05, 0) is 24.3 Å². The van der Waals surface area contributed by atoms with Crippen LogP contribution in [-0.4, -0.2) is 11.3 Å². The van der Waals surface area contributed by atoms with Gasteiger partial charge in [0.15, 0.2) is 0 Å². The van der Waals surface area contributed by atoms with E-state index < -0.39 is 0 Å². The molecule has 0 bridgehead atoms. The molecule has 0 atom stereocenters. The molecule has 2 rings (SSSR count). The van der Waals surface area contributed by atoms with Crippen molar-refractivity contribution >= 4 is 24.5 Å². The number of thiol groups is 1. The molecule has 2 aromatic carbocycles. The zero-order valence-electron chi connectivity index (χ0n) is 8.54. The van der Waals surface area contributed by atoms with E-state index in [0.717, 1.165) is 10.6 Å². The fourth-order valence-corrected chi connectivity index (χ4v) is 1.53. The second kappa shape index (κ2) is 4.86. The third kappa shape index (κ3) is 2.44. The first kappa shape index (κ1) is 10.8. The van der Waals surface area contributed by atoms with Crippen LogP contribution < -0.4 is 0 Å². The molecule has 0 aliphatic heterocycles. The van der Waals surface area contributed by atoms with Crippen molar-refractivity contribution in [3.8, 4) is 5.75 Å². The van der Waals surface area contributed by atoms with Crippen molar-refractivity contribution in [3.05, 3.63) is 54.1 Å². The zero-order valence-corrected chi connectivity index (χ0v) is 9.43. The molecule has 2 aromatic rings. The number of hydrogen-bond donors (Lipinski definition) is 2. The van der Waals surface area contributed by atoms with Gasteiger partial charge < -0.3 is 5.11 Å². The summed E-state index contributed by atoms with van der Waals surface area (Å²) in [6, 6.07) is 14.6. The van der Waals surface area contributed by atoms with Crippen LogP contribution in [0.2, 0.25) is 0 Å². The van der Waals surface area contributed by atoms with E-state index in [1.54, 1.807) is 24.4 Å². The summed E-state index contributed by atoms with van der Waals surface area (Å²) < 4.78 is 0. The summed E-state index contributed by atoms with van der Waals surface area (Å²) in [6.07, 6.45) is 1.63. The smallest absolute Gasteiger partial charge is 0.124 e. The van der Waals surface area contributed by atoms with E-state index in [1.165, 1.54) is 0 Å². The molecule has 0 heterocycles. The summed E-state index contributed by atoms with van der Waals surface area (Å²) in [5.41, 5.74) is 1.48. The molecule has 0 spiro atoms. The average Bonchev–Trinajstić information content (AvgIpc) is 2.30. The minimum absolute atomic E-state index is 0.225. The largest absolute Gasteiger partial charge is 0.507 e. The highest BCUT2D eigenvalue weighted by atomic mass is 32.1. The number of phenols is 1. The number of aliphatic imine (C=N–C) groups is 1. The molecule has 1 N–H and O–H groups in total. The van der Waals surface area contributed by atoms with E-state index in [2.05, 4.69) is 17.6 Å².